The number of pyridine rings is 1. The summed E-state index contributed by atoms with van der Waals surface area (Å²) in [7, 11) is 1.82. The fraction of sp³-hybridized carbons (Fsp3) is 0.556. The van der Waals surface area contributed by atoms with Crippen LogP contribution in [0.2, 0.25) is 0 Å². The van der Waals surface area contributed by atoms with Crippen LogP contribution < -0.4 is 10.6 Å². The zero-order valence-electron chi connectivity index (χ0n) is 15.2. The Morgan fingerprint density at radius 3 is 2.67 bits per heavy atom. The molecule has 0 unspecified atom stereocenters. The lowest BCUT2D eigenvalue weighted by Gasteiger charge is -2.16. The van der Waals surface area contributed by atoms with E-state index in [1.54, 1.807) is 0 Å². The fourth-order valence-electron chi connectivity index (χ4n) is 2.67. The van der Waals surface area contributed by atoms with Crippen molar-refractivity contribution in [2.24, 2.45) is 10.9 Å². The first-order valence-corrected chi connectivity index (χ1v) is 8.55. The second-order valence-corrected chi connectivity index (χ2v) is 5.97. The van der Waals surface area contributed by atoms with E-state index in [-0.39, 0.29) is 24.0 Å². The molecule has 0 aliphatic carbocycles. The van der Waals surface area contributed by atoms with Crippen LogP contribution in [-0.4, -0.2) is 35.5 Å². The molecule has 2 heterocycles. The van der Waals surface area contributed by atoms with E-state index in [9.17, 15) is 0 Å². The summed E-state index contributed by atoms with van der Waals surface area (Å²) in [5.41, 5.74) is 3.34. The number of guanidine groups is 1. The van der Waals surface area contributed by atoms with E-state index in [1.807, 2.05) is 13.2 Å². The molecule has 24 heavy (non-hydrogen) atoms. The summed E-state index contributed by atoms with van der Waals surface area (Å²) in [4.78, 5) is 8.98. The van der Waals surface area contributed by atoms with E-state index < -0.39 is 0 Å². The zero-order chi connectivity index (χ0) is 16.7. The van der Waals surface area contributed by atoms with Gasteiger partial charge in [-0.2, -0.15) is 0 Å². The van der Waals surface area contributed by atoms with Gasteiger partial charge in [-0.15, -0.1) is 24.0 Å². The third-order valence-electron chi connectivity index (χ3n) is 4.34. The summed E-state index contributed by atoms with van der Waals surface area (Å²) < 4.78 is 2.09. The maximum absolute atomic E-state index is 4.70. The van der Waals surface area contributed by atoms with Gasteiger partial charge in [-0.25, -0.2) is 4.98 Å². The van der Waals surface area contributed by atoms with Crippen molar-refractivity contribution in [3.8, 4) is 0 Å². The molecule has 2 N–H and O–H groups in total. The SMILES string of the molecule is CCC(CC)CNC(=NC)NCCc1cn2cccc(C)c2n1.I. The van der Waals surface area contributed by atoms with Crippen molar-refractivity contribution < 1.29 is 0 Å². The number of hydrogen-bond donors (Lipinski definition) is 2. The number of fused-ring (bicyclic) bond motifs is 1. The molecule has 0 fully saturated rings. The maximum Gasteiger partial charge on any atom is 0.190 e. The second kappa shape index (κ2) is 10.5. The minimum absolute atomic E-state index is 0. The number of nitrogens with one attached hydrogen (secondary N) is 2. The van der Waals surface area contributed by atoms with Crippen LogP contribution in [0, 0.1) is 12.8 Å². The van der Waals surface area contributed by atoms with Crippen molar-refractivity contribution in [2.45, 2.75) is 40.0 Å². The van der Waals surface area contributed by atoms with Gasteiger partial charge in [0.1, 0.15) is 5.65 Å². The number of aromatic nitrogens is 2. The molecule has 0 aliphatic heterocycles. The maximum atomic E-state index is 4.70. The van der Waals surface area contributed by atoms with Crippen molar-refractivity contribution >= 4 is 35.6 Å². The molecule has 2 rings (SSSR count). The molecule has 0 aromatic carbocycles. The molecule has 0 bridgehead atoms. The summed E-state index contributed by atoms with van der Waals surface area (Å²) in [5.74, 6) is 1.58. The molecule has 0 aliphatic rings. The molecule has 6 heteroatoms. The Bertz CT molecular complexity index is 646. The summed E-state index contributed by atoms with van der Waals surface area (Å²) in [6, 6.07) is 4.14. The first kappa shape index (κ1) is 20.7. The lowest BCUT2D eigenvalue weighted by Crippen LogP contribution is -2.40. The van der Waals surface area contributed by atoms with Crippen molar-refractivity contribution in [2.75, 3.05) is 20.1 Å². The molecular weight excluding hydrogens is 413 g/mol. The van der Waals surface area contributed by atoms with Crippen LogP contribution >= 0.6 is 24.0 Å². The van der Waals surface area contributed by atoms with Gasteiger partial charge in [0, 0.05) is 39.0 Å². The van der Waals surface area contributed by atoms with E-state index in [2.05, 4.69) is 59.1 Å². The van der Waals surface area contributed by atoms with Crippen molar-refractivity contribution in [3.05, 3.63) is 35.8 Å². The Morgan fingerprint density at radius 2 is 2.04 bits per heavy atom. The van der Waals surface area contributed by atoms with Gasteiger partial charge < -0.3 is 15.0 Å². The molecule has 2 aromatic heterocycles. The molecule has 5 nitrogen and oxygen atoms in total. The summed E-state index contributed by atoms with van der Waals surface area (Å²) in [5, 5.41) is 6.78. The lowest BCUT2D eigenvalue weighted by molar-refractivity contribution is 0.481. The second-order valence-electron chi connectivity index (χ2n) is 5.97. The highest BCUT2D eigenvalue weighted by molar-refractivity contribution is 14.0. The topological polar surface area (TPSA) is 53.7 Å². The third kappa shape index (κ3) is 5.65. The Labute approximate surface area is 162 Å². The highest BCUT2D eigenvalue weighted by Crippen LogP contribution is 2.10. The molecule has 0 saturated heterocycles. The first-order valence-electron chi connectivity index (χ1n) is 8.55. The Balaban J connectivity index is 0.00000288. The lowest BCUT2D eigenvalue weighted by atomic mass is 10.0. The van der Waals surface area contributed by atoms with Crippen LogP contribution in [0.1, 0.15) is 37.9 Å². The smallest absolute Gasteiger partial charge is 0.190 e. The number of aryl methyl sites for hydroxylation is 1. The minimum Gasteiger partial charge on any atom is -0.356 e. The van der Waals surface area contributed by atoms with Gasteiger partial charge in [-0.05, 0) is 24.5 Å². The summed E-state index contributed by atoms with van der Waals surface area (Å²) in [6.07, 6.45) is 7.42. The van der Waals surface area contributed by atoms with E-state index in [4.69, 9.17) is 4.98 Å². The molecule has 0 amide bonds. The van der Waals surface area contributed by atoms with Gasteiger partial charge in [0.2, 0.25) is 0 Å². The monoisotopic (exact) mass is 443 g/mol. The van der Waals surface area contributed by atoms with Crippen molar-refractivity contribution in [1.29, 1.82) is 0 Å². The average Bonchev–Trinajstić information content (AvgIpc) is 2.98. The van der Waals surface area contributed by atoms with Crippen LogP contribution in [-0.2, 0) is 6.42 Å². The Kier molecular flexibility index (Phi) is 9.10. The van der Waals surface area contributed by atoms with Gasteiger partial charge in [0.25, 0.3) is 0 Å². The number of hydrogen-bond acceptors (Lipinski definition) is 2. The number of aliphatic imine (C=N–C) groups is 1. The molecular formula is C18H30IN5. The van der Waals surface area contributed by atoms with E-state index in [0.717, 1.165) is 36.8 Å². The largest absolute Gasteiger partial charge is 0.356 e. The standard InChI is InChI=1S/C18H29N5.HI/c1-5-15(6-2)12-21-18(19-4)20-10-9-16-13-23-11-7-8-14(3)17(23)22-16;/h7-8,11,13,15H,5-6,9-10,12H2,1-4H3,(H2,19,20,21);1H. The highest BCUT2D eigenvalue weighted by atomic mass is 127. The molecule has 0 atom stereocenters. The number of nitrogens with zero attached hydrogens (tertiary/aromatic N) is 3. The van der Waals surface area contributed by atoms with Crippen LogP contribution in [0.25, 0.3) is 5.65 Å². The van der Waals surface area contributed by atoms with E-state index >= 15 is 0 Å². The molecule has 134 valence electrons. The van der Waals surface area contributed by atoms with Gasteiger partial charge in [0.05, 0.1) is 5.69 Å². The summed E-state index contributed by atoms with van der Waals surface area (Å²) >= 11 is 0. The quantitative estimate of drug-likeness (QED) is 0.392. The predicted octanol–water partition coefficient (Wildman–Crippen LogP) is 3.40. The molecule has 2 aromatic rings. The van der Waals surface area contributed by atoms with Gasteiger partial charge in [-0.3, -0.25) is 4.99 Å². The van der Waals surface area contributed by atoms with Crippen LogP contribution in [0.4, 0.5) is 0 Å². The normalized spacial score (nSPS) is 11.6. The number of rotatable bonds is 7. The summed E-state index contributed by atoms with van der Waals surface area (Å²) in [6.45, 7) is 8.36. The predicted molar refractivity (Wildman–Crippen MR) is 112 cm³/mol. The highest BCUT2D eigenvalue weighted by Gasteiger charge is 2.06. The molecule has 0 spiro atoms. The van der Waals surface area contributed by atoms with Gasteiger partial charge >= 0.3 is 0 Å². The van der Waals surface area contributed by atoms with Crippen LogP contribution in [0.5, 0.6) is 0 Å². The van der Waals surface area contributed by atoms with Gasteiger partial charge in [-0.1, -0.05) is 32.8 Å². The minimum atomic E-state index is 0. The van der Waals surface area contributed by atoms with Crippen LogP contribution in [0.3, 0.4) is 0 Å². The average molecular weight is 443 g/mol. The Hall–Kier alpha value is -1.31. The van der Waals surface area contributed by atoms with Crippen molar-refractivity contribution in [3.63, 3.8) is 0 Å². The first-order chi connectivity index (χ1) is 11.2. The number of halogens is 1. The van der Waals surface area contributed by atoms with E-state index in [1.165, 1.54) is 18.4 Å². The van der Waals surface area contributed by atoms with Gasteiger partial charge in [0.15, 0.2) is 5.96 Å². The van der Waals surface area contributed by atoms with Crippen molar-refractivity contribution in [1.82, 2.24) is 20.0 Å². The molecule has 0 radical (unpaired) electrons. The molecule has 0 saturated carbocycles. The van der Waals surface area contributed by atoms with E-state index in [0.29, 0.717) is 5.92 Å². The number of imidazole rings is 1. The Morgan fingerprint density at radius 1 is 1.29 bits per heavy atom. The fourth-order valence-corrected chi connectivity index (χ4v) is 2.67. The third-order valence-corrected chi connectivity index (χ3v) is 4.34. The van der Waals surface area contributed by atoms with Crippen LogP contribution in [0.15, 0.2) is 29.5 Å². The zero-order valence-corrected chi connectivity index (χ0v) is 17.5.